The zero-order valence-electron chi connectivity index (χ0n) is 15.8. The van der Waals surface area contributed by atoms with E-state index < -0.39 is 0 Å². The summed E-state index contributed by atoms with van der Waals surface area (Å²) in [4.78, 5) is 15.1. The Morgan fingerprint density at radius 3 is 2.67 bits per heavy atom. The lowest BCUT2D eigenvalue weighted by molar-refractivity contribution is -0.130. The first-order valence-electron chi connectivity index (χ1n) is 9.99. The molecule has 2 heterocycles. The molecule has 0 N–H and O–H groups in total. The second kappa shape index (κ2) is 6.36. The summed E-state index contributed by atoms with van der Waals surface area (Å²) in [6.45, 7) is 1.64. The summed E-state index contributed by atoms with van der Waals surface area (Å²) < 4.78 is 7.48. The van der Waals surface area contributed by atoms with Gasteiger partial charge in [0.1, 0.15) is 17.9 Å². The number of benzene rings is 1. The van der Waals surface area contributed by atoms with Crippen molar-refractivity contribution in [2.45, 2.75) is 50.5 Å². The van der Waals surface area contributed by atoms with Crippen LogP contribution in [0.2, 0.25) is 0 Å². The predicted molar refractivity (Wildman–Crippen MR) is 101 cm³/mol. The third-order valence-corrected chi connectivity index (χ3v) is 6.72. The molecule has 3 fully saturated rings. The van der Waals surface area contributed by atoms with Gasteiger partial charge in [-0.1, -0.05) is 18.6 Å². The van der Waals surface area contributed by atoms with E-state index in [-0.39, 0.29) is 11.3 Å². The van der Waals surface area contributed by atoms with Gasteiger partial charge in [-0.05, 0) is 48.8 Å². The fraction of sp³-hybridized carbons (Fsp3) is 0.571. The molecule has 3 aliphatic rings. The van der Waals surface area contributed by atoms with Crippen molar-refractivity contribution in [1.82, 2.24) is 19.7 Å². The van der Waals surface area contributed by atoms with Gasteiger partial charge in [0, 0.05) is 25.0 Å². The van der Waals surface area contributed by atoms with E-state index in [9.17, 15) is 4.79 Å². The van der Waals surface area contributed by atoms with Crippen molar-refractivity contribution in [3.63, 3.8) is 0 Å². The van der Waals surface area contributed by atoms with Crippen LogP contribution in [0.3, 0.4) is 0 Å². The number of carbonyl (C=O) groups excluding carboxylic acids is 1. The Morgan fingerprint density at radius 1 is 1.26 bits per heavy atom. The van der Waals surface area contributed by atoms with E-state index >= 15 is 0 Å². The molecule has 2 aliphatic carbocycles. The highest BCUT2D eigenvalue weighted by molar-refractivity contribution is 5.79. The average molecular weight is 366 g/mol. The highest BCUT2D eigenvalue weighted by Gasteiger charge is 2.54. The molecule has 2 aromatic rings. The van der Waals surface area contributed by atoms with E-state index in [1.165, 1.54) is 32.1 Å². The summed E-state index contributed by atoms with van der Waals surface area (Å²) in [6.07, 6.45) is 8.44. The minimum absolute atomic E-state index is 0.214. The Hall–Kier alpha value is -2.37. The van der Waals surface area contributed by atoms with E-state index in [4.69, 9.17) is 4.74 Å². The Bertz CT molecular complexity index is 836. The first-order chi connectivity index (χ1) is 13.2. The van der Waals surface area contributed by atoms with Crippen LogP contribution in [0, 0.1) is 5.41 Å². The first kappa shape index (κ1) is 16.8. The minimum atomic E-state index is 0.214. The Balaban J connectivity index is 1.33. The first-order valence-corrected chi connectivity index (χ1v) is 9.99. The molecule has 27 heavy (non-hydrogen) atoms. The lowest BCUT2D eigenvalue weighted by Gasteiger charge is -2.42. The maximum Gasteiger partial charge on any atom is 0.227 e. The number of carbonyl (C=O) groups is 1. The lowest BCUT2D eigenvalue weighted by atomic mass is 9.62. The highest BCUT2D eigenvalue weighted by Crippen LogP contribution is 2.56. The van der Waals surface area contributed by atoms with Crippen LogP contribution in [0.1, 0.15) is 55.5 Å². The van der Waals surface area contributed by atoms with Gasteiger partial charge in [0.2, 0.25) is 5.91 Å². The smallest absolute Gasteiger partial charge is 0.227 e. The summed E-state index contributed by atoms with van der Waals surface area (Å²) in [5.74, 6) is 2.47. The molecule has 2 saturated carbocycles. The third-order valence-electron chi connectivity index (χ3n) is 6.72. The summed E-state index contributed by atoms with van der Waals surface area (Å²) >= 11 is 0. The van der Waals surface area contributed by atoms with Gasteiger partial charge >= 0.3 is 0 Å². The second-order valence-corrected chi connectivity index (χ2v) is 8.40. The van der Waals surface area contributed by atoms with E-state index in [0.29, 0.717) is 18.4 Å². The van der Waals surface area contributed by atoms with Crippen LogP contribution < -0.4 is 4.74 Å². The van der Waals surface area contributed by atoms with Gasteiger partial charge in [-0.3, -0.25) is 4.79 Å². The Kier molecular flexibility index (Phi) is 3.95. The van der Waals surface area contributed by atoms with Crippen LogP contribution in [0.4, 0.5) is 0 Å². The van der Waals surface area contributed by atoms with E-state index in [1.54, 1.807) is 7.11 Å². The Morgan fingerprint density at radius 2 is 2.04 bits per heavy atom. The van der Waals surface area contributed by atoms with E-state index in [0.717, 1.165) is 30.2 Å². The van der Waals surface area contributed by atoms with Crippen molar-refractivity contribution in [2.24, 2.45) is 5.41 Å². The molecule has 0 bridgehead atoms. The Labute approximate surface area is 159 Å². The summed E-state index contributed by atoms with van der Waals surface area (Å²) in [5, 5.41) is 8.70. The molecule has 1 aromatic carbocycles. The number of aromatic nitrogens is 3. The van der Waals surface area contributed by atoms with Crippen molar-refractivity contribution < 1.29 is 9.53 Å². The molecule has 5 rings (SSSR count). The van der Waals surface area contributed by atoms with Gasteiger partial charge in [-0.2, -0.15) is 0 Å². The zero-order chi connectivity index (χ0) is 18.4. The van der Waals surface area contributed by atoms with Gasteiger partial charge < -0.3 is 14.2 Å². The molecule has 1 atom stereocenters. The largest absolute Gasteiger partial charge is 0.497 e. The predicted octanol–water partition coefficient (Wildman–Crippen LogP) is 2.96. The molecule has 1 saturated heterocycles. The van der Waals surface area contributed by atoms with Crippen LogP contribution in [-0.4, -0.2) is 45.8 Å². The molecule has 1 unspecified atom stereocenters. The standard InChI is InChI=1S/C21H26N4O2/c1-27-17-7-3-15(4-8-17)11-19(26)24-12-18(21(13-24)9-2-10-21)20-23-22-14-25(20)16-5-6-16/h3-4,7-8,14,16,18H,2,5-6,9-13H2,1H3. The SMILES string of the molecule is COc1ccc(CC(=O)N2CC(c3nncn3C3CC3)C3(CCC3)C2)cc1. The van der Waals surface area contributed by atoms with Crippen LogP contribution in [0.5, 0.6) is 5.75 Å². The topological polar surface area (TPSA) is 60.2 Å². The molecule has 142 valence electrons. The van der Waals surface area contributed by atoms with Crippen molar-refractivity contribution in [3.05, 3.63) is 42.0 Å². The maximum atomic E-state index is 13.0. The quantitative estimate of drug-likeness (QED) is 0.816. The van der Waals surface area contributed by atoms with Gasteiger partial charge in [0.25, 0.3) is 0 Å². The molecular formula is C21H26N4O2. The number of ether oxygens (including phenoxy) is 1. The second-order valence-electron chi connectivity index (χ2n) is 8.40. The number of hydrogen-bond donors (Lipinski definition) is 0. The van der Waals surface area contributed by atoms with Crippen molar-refractivity contribution in [2.75, 3.05) is 20.2 Å². The number of nitrogens with zero attached hydrogens (tertiary/aromatic N) is 4. The summed E-state index contributed by atoms with van der Waals surface area (Å²) in [6, 6.07) is 8.37. The number of hydrogen-bond acceptors (Lipinski definition) is 4. The van der Waals surface area contributed by atoms with Gasteiger partial charge in [-0.15, -0.1) is 10.2 Å². The van der Waals surface area contributed by atoms with Crippen molar-refractivity contribution >= 4 is 5.91 Å². The van der Waals surface area contributed by atoms with Crippen LogP contribution >= 0.6 is 0 Å². The van der Waals surface area contributed by atoms with Gasteiger partial charge in [-0.25, -0.2) is 0 Å². The molecule has 1 amide bonds. The molecular weight excluding hydrogens is 340 g/mol. The third kappa shape index (κ3) is 2.91. The molecule has 1 aliphatic heterocycles. The van der Waals surface area contributed by atoms with Crippen molar-refractivity contribution in [1.29, 1.82) is 0 Å². The van der Waals surface area contributed by atoms with Crippen LogP contribution in [0.25, 0.3) is 0 Å². The minimum Gasteiger partial charge on any atom is -0.497 e. The fourth-order valence-corrected chi connectivity index (χ4v) is 4.82. The number of rotatable bonds is 5. The highest BCUT2D eigenvalue weighted by atomic mass is 16.5. The van der Waals surface area contributed by atoms with Gasteiger partial charge in [0.05, 0.1) is 13.5 Å². The molecule has 0 radical (unpaired) electrons. The van der Waals surface area contributed by atoms with E-state index in [1.807, 2.05) is 30.6 Å². The number of likely N-dealkylation sites (tertiary alicyclic amines) is 1. The molecule has 6 nitrogen and oxygen atoms in total. The van der Waals surface area contributed by atoms with Crippen LogP contribution in [-0.2, 0) is 11.2 Å². The summed E-state index contributed by atoms with van der Waals surface area (Å²) in [7, 11) is 1.66. The van der Waals surface area contributed by atoms with E-state index in [2.05, 4.69) is 19.7 Å². The van der Waals surface area contributed by atoms with Crippen LogP contribution in [0.15, 0.2) is 30.6 Å². The monoisotopic (exact) mass is 366 g/mol. The normalized spacial score (nSPS) is 23.4. The van der Waals surface area contributed by atoms with Crippen molar-refractivity contribution in [3.8, 4) is 5.75 Å². The zero-order valence-corrected chi connectivity index (χ0v) is 15.8. The molecule has 6 heteroatoms. The fourth-order valence-electron chi connectivity index (χ4n) is 4.82. The number of methoxy groups -OCH3 is 1. The number of amides is 1. The maximum absolute atomic E-state index is 13.0. The van der Waals surface area contributed by atoms with Gasteiger partial charge in [0.15, 0.2) is 0 Å². The lowest BCUT2D eigenvalue weighted by Crippen LogP contribution is -2.38. The average Bonchev–Trinajstić information content (AvgIpc) is 3.23. The molecule has 1 aromatic heterocycles. The molecule has 1 spiro atoms. The summed E-state index contributed by atoms with van der Waals surface area (Å²) in [5.41, 5.74) is 1.25.